The highest BCUT2D eigenvalue weighted by atomic mass is 16.5. The van der Waals surface area contributed by atoms with Gasteiger partial charge in [0.1, 0.15) is 11.5 Å². The van der Waals surface area contributed by atoms with Crippen LogP contribution in [0, 0.1) is 0 Å². The number of rotatable bonds is 6. The molecule has 1 amide bonds. The lowest BCUT2D eigenvalue weighted by Gasteiger charge is -2.10. The Bertz CT molecular complexity index is 380. The van der Waals surface area contributed by atoms with Gasteiger partial charge in [0.15, 0.2) is 0 Å². The fourth-order valence-corrected chi connectivity index (χ4v) is 1.47. The van der Waals surface area contributed by atoms with Crippen LogP contribution in [0.25, 0.3) is 0 Å². The number of benzene rings is 1. The first-order valence-corrected chi connectivity index (χ1v) is 5.39. The molecule has 1 aromatic rings. The lowest BCUT2D eigenvalue weighted by molar-refractivity contribution is -0.120. The van der Waals surface area contributed by atoms with Gasteiger partial charge in [-0.15, -0.1) is 0 Å². The lowest BCUT2D eigenvalue weighted by Crippen LogP contribution is -2.30. The van der Waals surface area contributed by atoms with Crippen LogP contribution in [0.4, 0.5) is 0 Å². The Morgan fingerprint density at radius 3 is 2.71 bits per heavy atom. The first-order chi connectivity index (χ1) is 8.21. The minimum Gasteiger partial charge on any atom is -0.497 e. The van der Waals surface area contributed by atoms with Crippen molar-refractivity contribution in [1.82, 2.24) is 5.32 Å². The maximum absolute atomic E-state index is 11.6. The molecule has 0 bridgehead atoms. The SMILES string of the molecule is COc1ccc(OC)c(CC(=O)NCCN)c1. The molecule has 0 atom stereocenters. The molecule has 3 N–H and O–H groups in total. The van der Waals surface area contributed by atoms with Gasteiger partial charge in [-0.05, 0) is 18.2 Å². The van der Waals surface area contributed by atoms with E-state index in [1.807, 2.05) is 0 Å². The van der Waals surface area contributed by atoms with Crippen molar-refractivity contribution in [2.24, 2.45) is 5.73 Å². The minimum atomic E-state index is -0.0815. The summed E-state index contributed by atoms with van der Waals surface area (Å²) in [6, 6.07) is 5.37. The summed E-state index contributed by atoms with van der Waals surface area (Å²) in [6.07, 6.45) is 0.250. The van der Waals surface area contributed by atoms with Crippen molar-refractivity contribution in [2.75, 3.05) is 27.3 Å². The van der Waals surface area contributed by atoms with Crippen LogP contribution in [0.3, 0.4) is 0 Å². The van der Waals surface area contributed by atoms with E-state index in [-0.39, 0.29) is 12.3 Å². The van der Waals surface area contributed by atoms with Crippen molar-refractivity contribution < 1.29 is 14.3 Å². The van der Waals surface area contributed by atoms with Crippen LogP contribution in [0.15, 0.2) is 18.2 Å². The molecular formula is C12H18N2O3. The van der Waals surface area contributed by atoms with E-state index < -0.39 is 0 Å². The second kappa shape index (κ2) is 6.75. The highest BCUT2D eigenvalue weighted by Gasteiger charge is 2.09. The molecule has 0 spiro atoms. The highest BCUT2D eigenvalue weighted by Crippen LogP contribution is 2.24. The van der Waals surface area contributed by atoms with Crippen molar-refractivity contribution in [2.45, 2.75) is 6.42 Å². The van der Waals surface area contributed by atoms with Crippen LogP contribution in [0.1, 0.15) is 5.56 Å². The average molecular weight is 238 g/mol. The standard InChI is InChI=1S/C12H18N2O3/c1-16-10-3-4-11(17-2)9(7-10)8-12(15)14-6-5-13/h3-4,7H,5-6,8,13H2,1-2H3,(H,14,15). The lowest BCUT2D eigenvalue weighted by atomic mass is 10.1. The smallest absolute Gasteiger partial charge is 0.224 e. The van der Waals surface area contributed by atoms with Crippen molar-refractivity contribution in [3.63, 3.8) is 0 Å². The molecule has 5 nitrogen and oxygen atoms in total. The Balaban J connectivity index is 2.76. The Hall–Kier alpha value is -1.75. The molecule has 1 aromatic carbocycles. The summed E-state index contributed by atoms with van der Waals surface area (Å²) in [5.74, 6) is 1.29. The van der Waals surface area contributed by atoms with Crippen LogP contribution >= 0.6 is 0 Å². The minimum absolute atomic E-state index is 0.0815. The zero-order chi connectivity index (χ0) is 12.7. The number of methoxy groups -OCH3 is 2. The van der Waals surface area contributed by atoms with Gasteiger partial charge in [-0.1, -0.05) is 0 Å². The molecule has 1 rings (SSSR count). The summed E-state index contributed by atoms with van der Waals surface area (Å²) in [6.45, 7) is 0.909. The van der Waals surface area contributed by atoms with Gasteiger partial charge in [-0.25, -0.2) is 0 Å². The fourth-order valence-electron chi connectivity index (χ4n) is 1.47. The van der Waals surface area contributed by atoms with Crippen LogP contribution in [-0.2, 0) is 11.2 Å². The summed E-state index contributed by atoms with van der Waals surface area (Å²) in [4.78, 5) is 11.6. The Morgan fingerprint density at radius 1 is 1.35 bits per heavy atom. The molecule has 0 saturated carbocycles. The van der Waals surface area contributed by atoms with Crippen LogP contribution < -0.4 is 20.5 Å². The van der Waals surface area contributed by atoms with Crippen LogP contribution in [0.5, 0.6) is 11.5 Å². The van der Waals surface area contributed by atoms with E-state index in [2.05, 4.69) is 5.32 Å². The van der Waals surface area contributed by atoms with E-state index in [1.165, 1.54) is 0 Å². The van der Waals surface area contributed by atoms with Gasteiger partial charge in [0.2, 0.25) is 5.91 Å². The molecule has 5 heteroatoms. The van der Waals surface area contributed by atoms with Gasteiger partial charge in [0.05, 0.1) is 20.6 Å². The number of nitrogens with one attached hydrogen (secondary N) is 1. The summed E-state index contributed by atoms with van der Waals surface area (Å²) in [5.41, 5.74) is 6.11. The second-order valence-corrected chi connectivity index (χ2v) is 3.49. The number of ether oxygens (including phenoxy) is 2. The van der Waals surface area contributed by atoms with Gasteiger partial charge < -0.3 is 20.5 Å². The monoisotopic (exact) mass is 238 g/mol. The number of nitrogens with two attached hydrogens (primary N) is 1. The third-order valence-electron chi connectivity index (χ3n) is 2.31. The molecule has 0 aliphatic heterocycles. The van der Waals surface area contributed by atoms with Gasteiger partial charge in [0, 0.05) is 18.7 Å². The number of hydrogen-bond donors (Lipinski definition) is 2. The fraction of sp³-hybridized carbons (Fsp3) is 0.417. The molecule has 0 aliphatic rings. The molecular weight excluding hydrogens is 220 g/mol. The number of carbonyl (C=O) groups is 1. The van der Waals surface area contributed by atoms with Gasteiger partial charge in [-0.3, -0.25) is 4.79 Å². The van der Waals surface area contributed by atoms with Crippen LogP contribution in [0.2, 0.25) is 0 Å². The normalized spacial score (nSPS) is 9.82. The number of amides is 1. The van der Waals surface area contributed by atoms with Crippen molar-refractivity contribution in [3.05, 3.63) is 23.8 Å². The van der Waals surface area contributed by atoms with Gasteiger partial charge in [0.25, 0.3) is 0 Å². The predicted molar refractivity (Wildman–Crippen MR) is 65.3 cm³/mol. The molecule has 0 heterocycles. The quantitative estimate of drug-likeness (QED) is 0.748. The van der Waals surface area contributed by atoms with E-state index in [0.717, 1.165) is 5.56 Å². The largest absolute Gasteiger partial charge is 0.497 e. The van der Waals surface area contributed by atoms with E-state index in [9.17, 15) is 4.79 Å². The average Bonchev–Trinajstić information content (AvgIpc) is 2.36. The second-order valence-electron chi connectivity index (χ2n) is 3.49. The molecule has 17 heavy (non-hydrogen) atoms. The molecule has 0 aromatic heterocycles. The van der Waals surface area contributed by atoms with Crippen molar-refractivity contribution >= 4 is 5.91 Å². The van der Waals surface area contributed by atoms with Crippen LogP contribution in [-0.4, -0.2) is 33.2 Å². The van der Waals surface area contributed by atoms with Crippen molar-refractivity contribution in [3.8, 4) is 11.5 Å². The zero-order valence-electron chi connectivity index (χ0n) is 10.2. The first kappa shape index (κ1) is 13.3. The maximum Gasteiger partial charge on any atom is 0.224 e. The highest BCUT2D eigenvalue weighted by molar-refractivity contribution is 5.79. The first-order valence-electron chi connectivity index (χ1n) is 5.39. The summed E-state index contributed by atoms with van der Waals surface area (Å²) in [5, 5.41) is 2.71. The van der Waals surface area contributed by atoms with E-state index in [4.69, 9.17) is 15.2 Å². The number of hydrogen-bond acceptors (Lipinski definition) is 4. The summed E-state index contributed by atoms with van der Waals surface area (Å²) >= 11 is 0. The summed E-state index contributed by atoms with van der Waals surface area (Å²) < 4.78 is 10.3. The maximum atomic E-state index is 11.6. The Morgan fingerprint density at radius 2 is 2.12 bits per heavy atom. The third kappa shape index (κ3) is 3.96. The van der Waals surface area contributed by atoms with E-state index >= 15 is 0 Å². The zero-order valence-corrected chi connectivity index (χ0v) is 10.2. The summed E-state index contributed by atoms with van der Waals surface area (Å²) in [7, 11) is 3.16. The van der Waals surface area contributed by atoms with Gasteiger partial charge >= 0.3 is 0 Å². The Labute approximate surface area is 101 Å². The van der Waals surface area contributed by atoms with Gasteiger partial charge in [-0.2, -0.15) is 0 Å². The van der Waals surface area contributed by atoms with E-state index in [1.54, 1.807) is 32.4 Å². The predicted octanol–water partition coefficient (Wildman–Crippen LogP) is 0.321. The number of carbonyl (C=O) groups excluding carboxylic acids is 1. The third-order valence-corrected chi connectivity index (χ3v) is 2.31. The topological polar surface area (TPSA) is 73.6 Å². The van der Waals surface area contributed by atoms with Crippen molar-refractivity contribution in [1.29, 1.82) is 0 Å². The van der Waals surface area contributed by atoms with E-state index in [0.29, 0.717) is 24.6 Å². The molecule has 0 radical (unpaired) electrons. The molecule has 0 unspecified atom stereocenters. The molecule has 94 valence electrons. The molecule has 0 fully saturated rings. The molecule has 0 aliphatic carbocycles. The molecule has 0 saturated heterocycles. The Kier molecular flexibility index (Phi) is 5.29.